The summed E-state index contributed by atoms with van der Waals surface area (Å²) in [6, 6.07) is 10.9. The maximum atomic E-state index is 13.3. The van der Waals surface area contributed by atoms with Crippen LogP contribution in [0.15, 0.2) is 59.9 Å². The number of aliphatic hydroxyl groups is 1. The number of carbonyl (C=O) groups is 3. The number of nitrogens with one attached hydrogen (secondary N) is 1. The first-order valence-electron chi connectivity index (χ1n) is 8.20. The Bertz CT molecular complexity index is 949. The number of rotatable bonds is 4. The van der Waals surface area contributed by atoms with Gasteiger partial charge in [-0.05, 0) is 48.9 Å². The number of hydrogen-bond donors (Lipinski definition) is 2. The largest absolute Gasteiger partial charge is 0.503 e. The normalized spacial score (nSPS) is 16.6. The van der Waals surface area contributed by atoms with Crippen LogP contribution in [-0.4, -0.2) is 22.7 Å². The van der Waals surface area contributed by atoms with Crippen molar-refractivity contribution in [3.05, 3.63) is 71.2 Å². The molecule has 138 valence electrons. The maximum Gasteiger partial charge on any atom is 0.294 e. The van der Waals surface area contributed by atoms with E-state index in [1.807, 2.05) is 0 Å². The second kappa shape index (κ2) is 7.03. The smallest absolute Gasteiger partial charge is 0.294 e. The van der Waals surface area contributed by atoms with Crippen molar-refractivity contribution in [2.75, 3.05) is 10.2 Å². The molecular formula is C20H17FN2O4. The highest BCUT2D eigenvalue weighted by Gasteiger charge is 2.43. The number of Topliss-reactive ketones (excluding diaryl/α,β-unsaturated/α-hetero) is 1. The predicted molar refractivity (Wildman–Crippen MR) is 97.7 cm³/mol. The fourth-order valence-corrected chi connectivity index (χ4v) is 3.10. The van der Waals surface area contributed by atoms with Gasteiger partial charge in [-0.1, -0.05) is 12.1 Å². The molecule has 0 radical (unpaired) electrons. The average molecular weight is 368 g/mol. The summed E-state index contributed by atoms with van der Waals surface area (Å²) in [7, 11) is 0. The summed E-state index contributed by atoms with van der Waals surface area (Å²) in [5, 5.41) is 12.9. The molecule has 1 atom stereocenters. The maximum absolute atomic E-state index is 13.3. The number of halogens is 1. The Morgan fingerprint density at radius 1 is 1.04 bits per heavy atom. The van der Waals surface area contributed by atoms with Gasteiger partial charge in [0.25, 0.3) is 5.91 Å². The fourth-order valence-electron chi connectivity index (χ4n) is 3.10. The molecule has 2 aromatic carbocycles. The van der Waals surface area contributed by atoms with Gasteiger partial charge in [-0.3, -0.25) is 19.3 Å². The number of hydrogen-bond acceptors (Lipinski definition) is 4. The molecule has 1 aliphatic heterocycles. The number of amides is 2. The lowest BCUT2D eigenvalue weighted by molar-refractivity contribution is -0.117. The van der Waals surface area contributed by atoms with Crippen LogP contribution in [0.1, 0.15) is 25.5 Å². The number of carbonyl (C=O) groups excluding carboxylic acids is 3. The van der Waals surface area contributed by atoms with E-state index >= 15 is 0 Å². The van der Waals surface area contributed by atoms with Gasteiger partial charge in [-0.2, -0.15) is 0 Å². The summed E-state index contributed by atoms with van der Waals surface area (Å²) in [4.78, 5) is 37.2. The third kappa shape index (κ3) is 3.44. The quantitative estimate of drug-likeness (QED) is 0.867. The van der Waals surface area contributed by atoms with E-state index in [9.17, 15) is 23.9 Å². The van der Waals surface area contributed by atoms with Crippen LogP contribution >= 0.6 is 0 Å². The molecule has 7 heteroatoms. The minimum atomic E-state index is -0.873. The third-order valence-corrected chi connectivity index (χ3v) is 4.24. The second-order valence-corrected chi connectivity index (χ2v) is 6.18. The van der Waals surface area contributed by atoms with E-state index in [1.165, 1.54) is 43.0 Å². The molecule has 0 unspecified atom stereocenters. The zero-order valence-electron chi connectivity index (χ0n) is 14.7. The van der Waals surface area contributed by atoms with Crippen LogP contribution in [0.2, 0.25) is 0 Å². The Balaban J connectivity index is 2.07. The summed E-state index contributed by atoms with van der Waals surface area (Å²) >= 11 is 0. The van der Waals surface area contributed by atoms with Crippen molar-refractivity contribution in [2.45, 2.75) is 19.9 Å². The zero-order chi connectivity index (χ0) is 19.7. The molecular weight excluding hydrogens is 351 g/mol. The molecule has 0 bridgehead atoms. The minimum absolute atomic E-state index is 0.0439. The van der Waals surface area contributed by atoms with Gasteiger partial charge in [0.1, 0.15) is 5.82 Å². The van der Waals surface area contributed by atoms with E-state index in [-0.39, 0.29) is 11.5 Å². The molecule has 1 aliphatic rings. The van der Waals surface area contributed by atoms with Gasteiger partial charge in [0, 0.05) is 18.3 Å². The molecule has 0 aromatic heterocycles. The van der Waals surface area contributed by atoms with Crippen LogP contribution < -0.4 is 10.2 Å². The molecule has 0 saturated heterocycles. The van der Waals surface area contributed by atoms with Crippen molar-refractivity contribution in [3.63, 3.8) is 0 Å². The van der Waals surface area contributed by atoms with Gasteiger partial charge in [-0.15, -0.1) is 0 Å². The van der Waals surface area contributed by atoms with Gasteiger partial charge >= 0.3 is 0 Å². The number of benzene rings is 2. The number of ketones is 1. The highest BCUT2D eigenvalue weighted by atomic mass is 19.1. The highest BCUT2D eigenvalue weighted by molar-refractivity contribution is 6.16. The first-order valence-corrected chi connectivity index (χ1v) is 8.20. The summed E-state index contributed by atoms with van der Waals surface area (Å²) in [6.07, 6.45) is 0. The van der Waals surface area contributed by atoms with Crippen LogP contribution in [0, 0.1) is 5.82 Å². The predicted octanol–water partition coefficient (Wildman–Crippen LogP) is 3.27. The van der Waals surface area contributed by atoms with E-state index in [0.717, 1.165) is 0 Å². The molecule has 2 aromatic rings. The van der Waals surface area contributed by atoms with E-state index < -0.39 is 29.3 Å². The topological polar surface area (TPSA) is 86.7 Å². The Hall–Kier alpha value is -3.48. The van der Waals surface area contributed by atoms with Gasteiger partial charge in [0.2, 0.25) is 5.91 Å². The molecule has 2 N–H and O–H groups in total. The Morgan fingerprint density at radius 3 is 2.15 bits per heavy atom. The summed E-state index contributed by atoms with van der Waals surface area (Å²) < 4.78 is 13.3. The van der Waals surface area contributed by atoms with Crippen molar-refractivity contribution < 1.29 is 23.9 Å². The first kappa shape index (κ1) is 18.3. The van der Waals surface area contributed by atoms with Crippen LogP contribution in [0.3, 0.4) is 0 Å². The molecule has 0 fully saturated rings. The molecule has 2 amide bonds. The standard InChI is InChI=1S/C20H17FN2O4/c1-11(24)17-18(13-3-5-14(21)6-4-13)23(20(27)19(17)26)16-9-7-15(8-10-16)22-12(2)25/h3-10,18,26H,1-2H3,(H,22,25)/t18-/m1/s1. The number of aliphatic hydroxyl groups excluding tert-OH is 1. The summed E-state index contributed by atoms with van der Waals surface area (Å²) in [5.41, 5.74) is 1.41. The van der Waals surface area contributed by atoms with Crippen molar-refractivity contribution in [1.82, 2.24) is 0 Å². The van der Waals surface area contributed by atoms with Crippen molar-refractivity contribution in [3.8, 4) is 0 Å². The second-order valence-electron chi connectivity index (χ2n) is 6.18. The van der Waals surface area contributed by atoms with E-state index in [4.69, 9.17) is 0 Å². The zero-order valence-corrected chi connectivity index (χ0v) is 14.7. The Morgan fingerprint density at radius 2 is 1.63 bits per heavy atom. The van der Waals surface area contributed by atoms with Crippen LogP contribution in [0.5, 0.6) is 0 Å². The average Bonchev–Trinajstić information content (AvgIpc) is 2.87. The molecule has 0 spiro atoms. The molecule has 3 rings (SSSR count). The van der Waals surface area contributed by atoms with Gasteiger partial charge in [-0.25, -0.2) is 4.39 Å². The minimum Gasteiger partial charge on any atom is -0.503 e. The summed E-state index contributed by atoms with van der Waals surface area (Å²) in [6.45, 7) is 2.64. The van der Waals surface area contributed by atoms with Crippen molar-refractivity contribution in [1.29, 1.82) is 0 Å². The van der Waals surface area contributed by atoms with Crippen molar-refractivity contribution in [2.24, 2.45) is 0 Å². The highest BCUT2D eigenvalue weighted by Crippen LogP contribution is 2.41. The molecule has 27 heavy (non-hydrogen) atoms. The number of nitrogens with zero attached hydrogens (tertiary/aromatic N) is 1. The van der Waals surface area contributed by atoms with Gasteiger partial charge in [0.05, 0.1) is 11.6 Å². The first-order chi connectivity index (χ1) is 12.8. The van der Waals surface area contributed by atoms with Crippen molar-refractivity contribution >= 4 is 29.0 Å². The Labute approximate surface area is 154 Å². The lowest BCUT2D eigenvalue weighted by atomic mass is 9.96. The monoisotopic (exact) mass is 368 g/mol. The Kier molecular flexibility index (Phi) is 4.77. The molecule has 6 nitrogen and oxygen atoms in total. The lowest BCUT2D eigenvalue weighted by Gasteiger charge is -2.27. The van der Waals surface area contributed by atoms with E-state index in [1.54, 1.807) is 24.3 Å². The molecule has 1 heterocycles. The SMILES string of the molecule is CC(=O)Nc1ccc(N2C(=O)C(O)=C(C(C)=O)[C@H]2c2ccc(F)cc2)cc1. The summed E-state index contributed by atoms with van der Waals surface area (Å²) in [5.74, 6) is -2.48. The van der Waals surface area contributed by atoms with Crippen LogP contribution in [-0.2, 0) is 14.4 Å². The lowest BCUT2D eigenvalue weighted by Crippen LogP contribution is -2.30. The number of anilines is 2. The van der Waals surface area contributed by atoms with E-state index in [2.05, 4.69) is 5.32 Å². The van der Waals surface area contributed by atoms with Crippen LogP contribution in [0.25, 0.3) is 0 Å². The molecule has 0 saturated carbocycles. The molecule has 0 aliphatic carbocycles. The van der Waals surface area contributed by atoms with Gasteiger partial charge in [0.15, 0.2) is 11.5 Å². The van der Waals surface area contributed by atoms with E-state index in [0.29, 0.717) is 16.9 Å². The van der Waals surface area contributed by atoms with Gasteiger partial charge < -0.3 is 10.4 Å². The fraction of sp³-hybridized carbons (Fsp3) is 0.150. The van der Waals surface area contributed by atoms with Crippen LogP contribution in [0.4, 0.5) is 15.8 Å². The third-order valence-electron chi connectivity index (χ3n) is 4.24.